The molecule has 28 heavy (non-hydrogen) atoms. The predicted octanol–water partition coefficient (Wildman–Crippen LogP) is 2.25. The molecule has 2 aromatic heterocycles. The number of benzene rings is 1. The van der Waals surface area contributed by atoms with Gasteiger partial charge in [0, 0.05) is 36.9 Å². The van der Waals surface area contributed by atoms with Gasteiger partial charge in [-0.15, -0.1) is 0 Å². The quantitative estimate of drug-likeness (QED) is 0.687. The molecular formula is C21H27N5O2. The molecule has 0 saturated carbocycles. The molecule has 1 amide bonds. The molecule has 0 bridgehead atoms. The molecule has 1 aliphatic rings. The summed E-state index contributed by atoms with van der Waals surface area (Å²) in [6.07, 6.45) is 2.05. The maximum atomic E-state index is 12.6. The molecule has 3 heterocycles. The fourth-order valence-electron chi connectivity index (χ4n) is 3.69. The summed E-state index contributed by atoms with van der Waals surface area (Å²) in [5.74, 6) is -0.152. The van der Waals surface area contributed by atoms with E-state index in [4.69, 9.17) is 4.74 Å². The number of morpholine rings is 1. The first kappa shape index (κ1) is 18.7. The SMILES string of the molecule is CC(C)(CNC(=O)c1cc(Cn2ccc3ccccc32)[nH]n1)N1CCOCC1. The van der Waals surface area contributed by atoms with Crippen LogP contribution < -0.4 is 5.32 Å². The molecule has 0 spiro atoms. The number of carbonyl (C=O) groups is 1. The first-order valence-electron chi connectivity index (χ1n) is 9.72. The Kier molecular flexibility index (Phi) is 5.19. The highest BCUT2D eigenvalue weighted by Crippen LogP contribution is 2.17. The van der Waals surface area contributed by atoms with Crippen molar-refractivity contribution in [2.24, 2.45) is 0 Å². The molecule has 1 aromatic carbocycles. The zero-order valence-corrected chi connectivity index (χ0v) is 16.4. The molecule has 0 unspecified atom stereocenters. The zero-order chi connectivity index (χ0) is 19.6. The van der Waals surface area contributed by atoms with Crippen molar-refractivity contribution in [1.82, 2.24) is 25.0 Å². The van der Waals surface area contributed by atoms with Crippen LogP contribution in [-0.2, 0) is 11.3 Å². The lowest BCUT2D eigenvalue weighted by Crippen LogP contribution is -2.55. The van der Waals surface area contributed by atoms with Crippen LogP contribution in [0.5, 0.6) is 0 Å². The minimum absolute atomic E-state index is 0.122. The van der Waals surface area contributed by atoms with Crippen molar-refractivity contribution >= 4 is 16.8 Å². The Morgan fingerprint density at radius 3 is 2.86 bits per heavy atom. The minimum Gasteiger partial charge on any atom is -0.379 e. The summed E-state index contributed by atoms with van der Waals surface area (Å²) in [4.78, 5) is 14.9. The number of hydrogen-bond donors (Lipinski definition) is 2. The molecule has 4 rings (SSSR count). The molecular weight excluding hydrogens is 354 g/mol. The van der Waals surface area contributed by atoms with E-state index >= 15 is 0 Å². The highest BCUT2D eigenvalue weighted by atomic mass is 16.5. The minimum atomic E-state index is -0.152. The molecule has 0 aliphatic carbocycles. The van der Waals surface area contributed by atoms with Crippen molar-refractivity contribution in [1.29, 1.82) is 0 Å². The first-order chi connectivity index (χ1) is 13.5. The number of ether oxygens (including phenoxy) is 1. The van der Waals surface area contributed by atoms with Crippen LogP contribution in [0.3, 0.4) is 0 Å². The number of nitrogens with zero attached hydrogens (tertiary/aromatic N) is 3. The van der Waals surface area contributed by atoms with E-state index < -0.39 is 0 Å². The average Bonchev–Trinajstić information content (AvgIpc) is 3.35. The number of rotatable bonds is 6. The third kappa shape index (κ3) is 3.95. The molecule has 1 saturated heterocycles. The molecule has 1 aliphatic heterocycles. The van der Waals surface area contributed by atoms with Gasteiger partial charge >= 0.3 is 0 Å². The second kappa shape index (κ2) is 7.77. The monoisotopic (exact) mass is 381 g/mol. The van der Waals surface area contributed by atoms with E-state index in [1.54, 1.807) is 0 Å². The third-order valence-electron chi connectivity index (χ3n) is 5.43. The second-order valence-corrected chi connectivity index (χ2v) is 7.88. The van der Waals surface area contributed by atoms with E-state index in [1.807, 2.05) is 18.2 Å². The molecule has 7 heteroatoms. The average molecular weight is 381 g/mol. The Hall–Kier alpha value is -2.64. The number of carbonyl (C=O) groups excluding carboxylic acids is 1. The number of fused-ring (bicyclic) bond motifs is 1. The molecule has 1 fully saturated rings. The Morgan fingerprint density at radius 2 is 2.04 bits per heavy atom. The van der Waals surface area contributed by atoms with Gasteiger partial charge in [-0.2, -0.15) is 5.10 Å². The third-order valence-corrected chi connectivity index (χ3v) is 5.43. The van der Waals surface area contributed by atoms with Crippen LogP contribution in [0.1, 0.15) is 30.0 Å². The van der Waals surface area contributed by atoms with Gasteiger partial charge in [0.15, 0.2) is 0 Å². The first-order valence-corrected chi connectivity index (χ1v) is 9.72. The predicted molar refractivity (Wildman–Crippen MR) is 108 cm³/mol. The van der Waals surface area contributed by atoms with Crippen LogP contribution >= 0.6 is 0 Å². The normalized spacial score (nSPS) is 15.8. The van der Waals surface area contributed by atoms with Crippen LogP contribution in [0.15, 0.2) is 42.6 Å². The Labute approximate surface area is 164 Å². The highest BCUT2D eigenvalue weighted by Gasteiger charge is 2.29. The van der Waals surface area contributed by atoms with Gasteiger partial charge in [-0.25, -0.2) is 0 Å². The van der Waals surface area contributed by atoms with E-state index in [9.17, 15) is 4.79 Å². The Bertz CT molecular complexity index is 953. The fourth-order valence-corrected chi connectivity index (χ4v) is 3.69. The van der Waals surface area contributed by atoms with E-state index in [0.29, 0.717) is 18.8 Å². The van der Waals surface area contributed by atoms with Gasteiger partial charge in [0.1, 0.15) is 5.69 Å². The van der Waals surface area contributed by atoms with Crippen LogP contribution in [0.4, 0.5) is 0 Å². The molecule has 3 aromatic rings. The number of amides is 1. The second-order valence-electron chi connectivity index (χ2n) is 7.88. The van der Waals surface area contributed by atoms with Crippen molar-refractivity contribution in [2.45, 2.75) is 25.9 Å². The van der Waals surface area contributed by atoms with E-state index in [1.165, 1.54) is 5.39 Å². The van der Waals surface area contributed by atoms with Gasteiger partial charge in [-0.05, 0) is 37.4 Å². The topological polar surface area (TPSA) is 75.2 Å². The summed E-state index contributed by atoms with van der Waals surface area (Å²) in [6, 6.07) is 12.2. The lowest BCUT2D eigenvalue weighted by Gasteiger charge is -2.40. The number of nitrogens with one attached hydrogen (secondary N) is 2. The smallest absolute Gasteiger partial charge is 0.271 e. The number of H-pyrrole nitrogens is 1. The lowest BCUT2D eigenvalue weighted by molar-refractivity contribution is -0.00924. The van der Waals surface area contributed by atoms with E-state index in [0.717, 1.165) is 37.5 Å². The van der Waals surface area contributed by atoms with Crippen LogP contribution in [0, 0.1) is 0 Å². The van der Waals surface area contributed by atoms with Crippen molar-refractivity contribution in [3.63, 3.8) is 0 Å². The van der Waals surface area contributed by atoms with Crippen LogP contribution in [-0.4, -0.2) is 64.0 Å². The van der Waals surface area contributed by atoms with E-state index in [-0.39, 0.29) is 11.4 Å². The van der Waals surface area contributed by atoms with Gasteiger partial charge in [0.2, 0.25) is 0 Å². The fraction of sp³-hybridized carbons (Fsp3) is 0.429. The lowest BCUT2D eigenvalue weighted by atomic mass is 10.0. The van der Waals surface area contributed by atoms with Gasteiger partial charge < -0.3 is 14.6 Å². The van der Waals surface area contributed by atoms with Gasteiger partial charge in [-0.3, -0.25) is 14.8 Å². The molecule has 0 atom stereocenters. The largest absolute Gasteiger partial charge is 0.379 e. The van der Waals surface area contributed by atoms with Crippen LogP contribution in [0.2, 0.25) is 0 Å². The van der Waals surface area contributed by atoms with Crippen molar-refractivity contribution in [3.05, 3.63) is 54.0 Å². The van der Waals surface area contributed by atoms with Crippen molar-refractivity contribution in [3.8, 4) is 0 Å². The maximum Gasteiger partial charge on any atom is 0.271 e. The summed E-state index contributed by atoms with van der Waals surface area (Å²) in [5, 5.41) is 11.4. The van der Waals surface area contributed by atoms with Crippen molar-refractivity contribution < 1.29 is 9.53 Å². The van der Waals surface area contributed by atoms with Crippen molar-refractivity contribution in [2.75, 3.05) is 32.8 Å². The highest BCUT2D eigenvalue weighted by molar-refractivity contribution is 5.92. The summed E-state index contributed by atoms with van der Waals surface area (Å²) in [6.45, 7) is 8.77. The van der Waals surface area contributed by atoms with E-state index in [2.05, 4.69) is 63.2 Å². The summed E-state index contributed by atoms with van der Waals surface area (Å²) in [7, 11) is 0. The molecule has 2 N–H and O–H groups in total. The summed E-state index contributed by atoms with van der Waals surface area (Å²) >= 11 is 0. The molecule has 0 radical (unpaired) electrons. The Balaban J connectivity index is 1.37. The van der Waals surface area contributed by atoms with Gasteiger partial charge in [0.25, 0.3) is 5.91 Å². The van der Waals surface area contributed by atoms with Gasteiger partial charge in [0.05, 0.1) is 25.5 Å². The van der Waals surface area contributed by atoms with Gasteiger partial charge in [-0.1, -0.05) is 18.2 Å². The number of aromatic nitrogens is 3. The number of hydrogen-bond acceptors (Lipinski definition) is 4. The zero-order valence-electron chi connectivity index (χ0n) is 16.4. The summed E-state index contributed by atoms with van der Waals surface area (Å²) < 4.78 is 7.56. The molecule has 7 nitrogen and oxygen atoms in total. The Morgan fingerprint density at radius 1 is 1.25 bits per heavy atom. The summed E-state index contributed by atoms with van der Waals surface area (Å²) in [5.41, 5.74) is 2.36. The van der Waals surface area contributed by atoms with Crippen LogP contribution in [0.25, 0.3) is 10.9 Å². The number of para-hydroxylation sites is 1. The molecule has 148 valence electrons. The number of aromatic amines is 1. The standard InChI is InChI=1S/C21H27N5O2/c1-21(2,26-9-11-28-12-10-26)15-22-20(27)18-13-17(23-24-18)14-25-8-7-16-5-3-4-6-19(16)25/h3-8,13H,9-12,14-15H2,1-2H3,(H,22,27)(H,23,24). The maximum absolute atomic E-state index is 12.6.